The molecule has 1 unspecified atom stereocenters. The minimum Gasteiger partial charge on any atom is -0.497 e. The topological polar surface area (TPSA) is 99.0 Å². The van der Waals surface area contributed by atoms with Gasteiger partial charge in [-0.25, -0.2) is 0 Å². The number of amides is 1. The summed E-state index contributed by atoms with van der Waals surface area (Å²) in [4.78, 5) is 37.3. The third-order valence-electron chi connectivity index (χ3n) is 5.42. The van der Waals surface area contributed by atoms with Crippen molar-refractivity contribution in [3.05, 3.63) is 69.8 Å². The Hall–Kier alpha value is -3.68. The molecule has 2 aliphatic rings. The van der Waals surface area contributed by atoms with Crippen LogP contribution in [0.1, 0.15) is 28.8 Å². The highest BCUT2D eigenvalue weighted by Crippen LogP contribution is 2.40. The van der Waals surface area contributed by atoms with Crippen LogP contribution in [0.5, 0.6) is 11.5 Å². The summed E-state index contributed by atoms with van der Waals surface area (Å²) in [6.45, 7) is 0.777. The van der Waals surface area contributed by atoms with Crippen LogP contribution in [0.3, 0.4) is 0 Å². The van der Waals surface area contributed by atoms with Crippen LogP contribution in [-0.2, 0) is 4.79 Å². The van der Waals surface area contributed by atoms with Crippen LogP contribution >= 0.6 is 0 Å². The number of methoxy groups -OCH3 is 1. The number of carbonyl (C=O) groups is 2. The first-order chi connectivity index (χ1) is 14.4. The predicted octanol–water partition coefficient (Wildman–Crippen LogP) is 3.25. The molecule has 8 nitrogen and oxygen atoms in total. The van der Waals surface area contributed by atoms with E-state index in [4.69, 9.17) is 9.47 Å². The van der Waals surface area contributed by atoms with E-state index in [0.717, 1.165) is 0 Å². The van der Waals surface area contributed by atoms with Crippen molar-refractivity contribution < 1.29 is 24.0 Å². The molecule has 2 aromatic carbocycles. The van der Waals surface area contributed by atoms with E-state index in [1.54, 1.807) is 48.4 Å². The highest BCUT2D eigenvalue weighted by atomic mass is 16.6. The van der Waals surface area contributed by atoms with Crippen molar-refractivity contribution in [1.29, 1.82) is 0 Å². The number of nitro benzene ring substituents is 1. The number of rotatable bonds is 4. The van der Waals surface area contributed by atoms with Gasteiger partial charge < -0.3 is 14.4 Å². The summed E-state index contributed by atoms with van der Waals surface area (Å²) in [7, 11) is 1.54. The molecule has 0 aromatic heterocycles. The van der Waals surface area contributed by atoms with Crippen LogP contribution in [0.4, 0.5) is 5.69 Å². The monoisotopic (exact) mass is 408 g/mol. The van der Waals surface area contributed by atoms with Gasteiger partial charge in [0.2, 0.25) is 5.91 Å². The van der Waals surface area contributed by atoms with Gasteiger partial charge >= 0.3 is 0 Å². The van der Waals surface area contributed by atoms with Gasteiger partial charge in [-0.2, -0.15) is 0 Å². The molecule has 2 aliphatic heterocycles. The Morgan fingerprint density at radius 2 is 2.13 bits per heavy atom. The highest BCUT2D eigenvalue weighted by Gasteiger charge is 2.46. The molecular formula is C22H20N2O6. The number of nitrogens with zero attached hydrogens (tertiary/aromatic N) is 2. The molecule has 0 saturated carbocycles. The van der Waals surface area contributed by atoms with E-state index >= 15 is 0 Å². The lowest BCUT2D eigenvalue weighted by Crippen LogP contribution is -2.45. The van der Waals surface area contributed by atoms with E-state index in [9.17, 15) is 19.7 Å². The number of non-ortho nitro benzene ring substituents is 1. The molecule has 2 heterocycles. The Morgan fingerprint density at radius 3 is 2.90 bits per heavy atom. The van der Waals surface area contributed by atoms with Gasteiger partial charge in [0.15, 0.2) is 5.78 Å². The molecular weight excluding hydrogens is 388 g/mol. The zero-order chi connectivity index (χ0) is 21.3. The van der Waals surface area contributed by atoms with Gasteiger partial charge in [0, 0.05) is 31.2 Å². The maximum Gasteiger partial charge on any atom is 0.270 e. The first kappa shape index (κ1) is 19.6. The van der Waals surface area contributed by atoms with Crippen LogP contribution in [0.15, 0.2) is 48.5 Å². The molecule has 2 aromatic rings. The van der Waals surface area contributed by atoms with Gasteiger partial charge in [-0.1, -0.05) is 12.1 Å². The van der Waals surface area contributed by atoms with E-state index in [1.807, 2.05) is 0 Å². The van der Waals surface area contributed by atoms with Crippen LogP contribution in [-0.4, -0.2) is 47.3 Å². The Morgan fingerprint density at radius 1 is 1.30 bits per heavy atom. The minimum atomic E-state index is -0.728. The van der Waals surface area contributed by atoms with Crippen LogP contribution < -0.4 is 9.47 Å². The second-order valence-corrected chi connectivity index (χ2v) is 7.44. The maximum atomic E-state index is 12.7. The summed E-state index contributed by atoms with van der Waals surface area (Å²) in [5, 5.41) is 10.9. The fourth-order valence-electron chi connectivity index (χ4n) is 3.88. The molecule has 1 fully saturated rings. The van der Waals surface area contributed by atoms with Crippen LogP contribution in [0.25, 0.3) is 6.08 Å². The first-order valence-electron chi connectivity index (χ1n) is 9.51. The number of benzene rings is 2. The number of hydrogen-bond acceptors (Lipinski definition) is 6. The number of ether oxygens (including phenoxy) is 2. The molecule has 8 heteroatoms. The quantitative estimate of drug-likeness (QED) is 0.437. The van der Waals surface area contributed by atoms with Gasteiger partial charge in [0.25, 0.3) is 5.69 Å². The molecule has 1 spiro atoms. The van der Waals surface area contributed by atoms with Gasteiger partial charge in [-0.15, -0.1) is 0 Å². The van der Waals surface area contributed by atoms with Crippen molar-refractivity contribution in [2.45, 2.75) is 18.4 Å². The van der Waals surface area contributed by atoms with Gasteiger partial charge in [-0.3, -0.25) is 19.7 Å². The molecule has 1 amide bonds. The van der Waals surface area contributed by atoms with Crippen molar-refractivity contribution in [2.24, 2.45) is 0 Å². The zero-order valence-corrected chi connectivity index (χ0v) is 16.4. The lowest BCUT2D eigenvalue weighted by molar-refractivity contribution is -0.384. The Bertz CT molecular complexity index is 1060. The smallest absolute Gasteiger partial charge is 0.270 e. The van der Waals surface area contributed by atoms with Crippen molar-refractivity contribution in [1.82, 2.24) is 4.90 Å². The lowest BCUT2D eigenvalue weighted by Gasteiger charge is -2.34. The van der Waals surface area contributed by atoms with Crippen molar-refractivity contribution in [3.8, 4) is 11.5 Å². The molecule has 0 N–H and O–H groups in total. The summed E-state index contributed by atoms with van der Waals surface area (Å²) in [5.74, 6) is 0.844. The third kappa shape index (κ3) is 3.76. The lowest BCUT2D eigenvalue weighted by atomic mass is 9.89. The van der Waals surface area contributed by atoms with E-state index in [0.29, 0.717) is 42.1 Å². The zero-order valence-electron chi connectivity index (χ0n) is 16.4. The van der Waals surface area contributed by atoms with Crippen LogP contribution in [0.2, 0.25) is 0 Å². The average molecular weight is 408 g/mol. The SMILES string of the molecule is COc1ccc2c(c1)C(=O)CC1(CCN(C(=O)/C=C/c3cccc([N+](=O)[O-])c3)C1)O2. The number of Topliss-reactive ketones (excluding diaryl/α,β-unsaturated/α-hetero) is 1. The molecule has 4 rings (SSSR count). The van der Waals surface area contributed by atoms with Gasteiger partial charge in [0.1, 0.15) is 17.1 Å². The van der Waals surface area contributed by atoms with Crippen molar-refractivity contribution in [2.75, 3.05) is 20.2 Å². The average Bonchev–Trinajstić information content (AvgIpc) is 3.15. The second kappa shape index (κ2) is 7.62. The van der Waals surface area contributed by atoms with E-state index in [-0.39, 0.29) is 23.8 Å². The summed E-state index contributed by atoms with van der Waals surface area (Å²) in [6.07, 6.45) is 3.70. The van der Waals surface area contributed by atoms with Gasteiger partial charge in [0.05, 0.1) is 30.6 Å². The third-order valence-corrected chi connectivity index (χ3v) is 5.42. The fraction of sp³-hybridized carbons (Fsp3) is 0.273. The first-order valence-corrected chi connectivity index (χ1v) is 9.51. The standard InChI is InChI=1S/C22H20N2O6/c1-29-17-6-7-20-18(12-17)19(25)13-22(30-20)9-10-23(14-22)21(26)8-5-15-3-2-4-16(11-15)24(27)28/h2-8,11-12H,9-10,13-14H2,1H3/b8-5+. The molecule has 0 radical (unpaired) electrons. The predicted molar refractivity (Wildman–Crippen MR) is 109 cm³/mol. The van der Waals surface area contributed by atoms with Gasteiger partial charge in [-0.05, 0) is 29.8 Å². The minimum absolute atomic E-state index is 0.0309. The molecule has 30 heavy (non-hydrogen) atoms. The molecule has 154 valence electrons. The number of carbonyl (C=O) groups excluding carboxylic acids is 2. The largest absolute Gasteiger partial charge is 0.497 e. The van der Waals surface area contributed by atoms with E-state index in [2.05, 4.69) is 0 Å². The Labute approximate surface area is 172 Å². The Balaban J connectivity index is 1.46. The molecule has 1 saturated heterocycles. The number of fused-ring (bicyclic) bond motifs is 1. The normalized spacial score (nSPS) is 20.3. The molecule has 1 atom stereocenters. The molecule has 0 bridgehead atoms. The number of nitro groups is 1. The maximum absolute atomic E-state index is 12.7. The summed E-state index contributed by atoms with van der Waals surface area (Å²) < 4.78 is 11.3. The number of likely N-dealkylation sites (tertiary alicyclic amines) is 1. The number of hydrogen-bond donors (Lipinski definition) is 0. The second-order valence-electron chi connectivity index (χ2n) is 7.44. The van der Waals surface area contributed by atoms with E-state index in [1.165, 1.54) is 18.2 Å². The summed E-state index contributed by atoms with van der Waals surface area (Å²) in [6, 6.07) is 11.2. The van der Waals surface area contributed by atoms with Crippen LogP contribution in [0, 0.1) is 10.1 Å². The highest BCUT2D eigenvalue weighted by molar-refractivity contribution is 6.01. The summed E-state index contributed by atoms with van der Waals surface area (Å²) >= 11 is 0. The summed E-state index contributed by atoms with van der Waals surface area (Å²) in [5.41, 5.74) is 0.302. The fourth-order valence-corrected chi connectivity index (χ4v) is 3.88. The Kier molecular flexibility index (Phi) is 4.99. The molecule has 0 aliphatic carbocycles. The number of ketones is 1. The van der Waals surface area contributed by atoms with E-state index < -0.39 is 10.5 Å². The van der Waals surface area contributed by atoms with Crippen molar-refractivity contribution >= 4 is 23.5 Å². The van der Waals surface area contributed by atoms with Crippen molar-refractivity contribution in [3.63, 3.8) is 0 Å².